The number of carbonyl (C=O) groups excluding carboxylic acids is 3. The van der Waals surface area contributed by atoms with Crippen LogP contribution < -0.4 is 0 Å². The van der Waals surface area contributed by atoms with E-state index in [9.17, 15) is 14.4 Å². The third-order valence-corrected chi connectivity index (χ3v) is 18.0. The molecule has 0 aromatic carbocycles. The van der Waals surface area contributed by atoms with Gasteiger partial charge in [0, 0.05) is 64.4 Å². The second-order valence-electron chi connectivity index (χ2n) is 23.3. The van der Waals surface area contributed by atoms with Crippen LogP contribution in [-0.2, 0) is 71.2 Å². The molecule has 11 aliphatic heterocycles. The monoisotopic (exact) mass is 936 g/mol. The zero-order chi connectivity index (χ0) is 47.0. The Hall–Kier alpha value is -2.57. The van der Waals surface area contributed by atoms with Crippen LogP contribution in [0.15, 0.2) is 36.0 Å². The van der Waals surface area contributed by atoms with Gasteiger partial charge in [-0.2, -0.15) is 0 Å². The molecule has 0 aromatic rings. The van der Waals surface area contributed by atoms with Gasteiger partial charge in [0.2, 0.25) is 0 Å². The normalized spacial score (nSPS) is 54.8. The first-order valence-electron chi connectivity index (χ1n) is 25.3. The highest BCUT2D eigenvalue weighted by molar-refractivity contribution is 5.84. The van der Waals surface area contributed by atoms with E-state index in [4.69, 9.17) is 56.8 Å². The minimum atomic E-state index is -0.920. The highest BCUT2D eigenvalue weighted by atomic mass is 16.7. The van der Waals surface area contributed by atoms with Crippen LogP contribution >= 0.6 is 0 Å². The van der Waals surface area contributed by atoms with Gasteiger partial charge in [0.25, 0.3) is 0 Å². The van der Waals surface area contributed by atoms with Gasteiger partial charge in [-0.3, -0.25) is 9.59 Å². The lowest BCUT2D eigenvalue weighted by Crippen LogP contribution is -2.70. The van der Waals surface area contributed by atoms with Crippen molar-refractivity contribution < 1.29 is 71.2 Å². The Bertz CT molecular complexity index is 2060. The van der Waals surface area contributed by atoms with E-state index >= 15 is 0 Å². The quantitative estimate of drug-likeness (QED) is 0.139. The highest BCUT2D eigenvalue weighted by Gasteiger charge is 2.64. The van der Waals surface area contributed by atoms with Crippen LogP contribution in [0, 0.1) is 5.92 Å². The fourth-order valence-electron chi connectivity index (χ4n) is 14.3. The SMILES string of the molecule is C=C(C=O)C[C@@H]1C[C@H](OC(C)=O)[C@]2(C)OC3CC4OC5C[C@]6(C)O[C@]7(C)CCC8OC9C[C@]%10(C)OC%11C(C)=CC(=O)O[C@H]%11C[C@H]%10OC9C[C@@H](C)[C@H]8O[C@H]7C[C@H]6O[C@@]5(C)C/C=C\[C@H]4O[C@H]3C[C@H]2O1. The van der Waals surface area contributed by atoms with E-state index in [1.165, 1.54) is 6.92 Å². The number of hydrogen-bond acceptors (Lipinski definition) is 15. The van der Waals surface area contributed by atoms with Gasteiger partial charge < -0.3 is 56.8 Å². The minimum absolute atomic E-state index is 0.125. The van der Waals surface area contributed by atoms with Crippen molar-refractivity contribution in [1.29, 1.82) is 0 Å². The van der Waals surface area contributed by atoms with Crippen LogP contribution in [-0.4, -0.2) is 150 Å². The molecule has 7 unspecified atom stereocenters. The number of aldehydes is 1. The Morgan fingerprint density at radius 1 is 0.746 bits per heavy atom. The van der Waals surface area contributed by atoms with Gasteiger partial charge in [0.05, 0.1) is 102 Å². The van der Waals surface area contributed by atoms with Crippen molar-refractivity contribution >= 4 is 18.2 Å². The molecule has 0 N–H and O–H groups in total. The molecular formula is C52H72O15. The maximum Gasteiger partial charge on any atom is 0.331 e. The van der Waals surface area contributed by atoms with Crippen LogP contribution in [0.5, 0.6) is 0 Å². The van der Waals surface area contributed by atoms with Gasteiger partial charge in [0.15, 0.2) is 0 Å². The summed E-state index contributed by atoms with van der Waals surface area (Å²) in [5.41, 5.74) is -2.06. The van der Waals surface area contributed by atoms with E-state index in [0.717, 1.165) is 31.1 Å². The van der Waals surface area contributed by atoms with Crippen molar-refractivity contribution in [2.45, 2.75) is 264 Å². The fourth-order valence-corrected chi connectivity index (χ4v) is 14.3. The lowest BCUT2D eigenvalue weighted by atomic mass is 9.72. The van der Waals surface area contributed by atoms with Crippen molar-refractivity contribution in [3.05, 3.63) is 36.0 Å². The number of hydrogen-bond donors (Lipinski definition) is 0. The molecule has 9 saturated heterocycles. The topological polar surface area (TPSA) is 162 Å². The first-order chi connectivity index (χ1) is 31.7. The summed E-state index contributed by atoms with van der Waals surface area (Å²) in [6.07, 6.45) is 9.29. The Kier molecular flexibility index (Phi) is 11.7. The Morgan fingerprint density at radius 3 is 2.30 bits per heavy atom. The van der Waals surface area contributed by atoms with E-state index in [0.29, 0.717) is 63.4 Å². The van der Waals surface area contributed by atoms with Gasteiger partial charge >= 0.3 is 11.9 Å². The van der Waals surface area contributed by atoms with Crippen LogP contribution in [0.3, 0.4) is 0 Å². The summed E-state index contributed by atoms with van der Waals surface area (Å²) in [6.45, 7) is 20.1. The van der Waals surface area contributed by atoms with E-state index in [1.54, 1.807) is 6.08 Å². The molecule has 0 saturated carbocycles. The van der Waals surface area contributed by atoms with Gasteiger partial charge in [0.1, 0.15) is 36.3 Å². The van der Waals surface area contributed by atoms with Gasteiger partial charge in [-0.15, -0.1) is 0 Å². The molecule has 23 atom stereocenters. The van der Waals surface area contributed by atoms with Crippen molar-refractivity contribution in [2.24, 2.45) is 5.92 Å². The number of ether oxygens (including phenoxy) is 12. The predicted octanol–water partition coefficient (Wildman–Crippen LogP) is 6.04. The first kappa shape index (κ1) is 46.8. The lowest BCUT2D eigenvalue weighted by molar-refractivity contribution is -0.356. The minimum Gasteiger partial charge on any atom is -0.459 e. The zero-order valence-electron chi connectivity index (χ0n) is 40.5. The molecule has 0 bridgehead atoms. The van der Waals surface area contributed by atoms with E-state index in [2.05, 4.69) is 53.3 Å². The third-order valence-electron chi connectivity index (χ3n) is 18.0. The lowest BCUT2D eigenvalue weighted by Gasteiger charge is -2.61. The summed E-state index contributed by atoms with van der Waals surface area (Å²) < 4.78 is 82.0. The Balaban J connectivity index is 0.781. The van der Waals surface area contributed by atoms with Gasteiger partial charge in [-0.25, -0.2) is 4.79 Å². The molecular weight excluding hydrogens is 865 g/mol. The average molecular weight is 937 g/mol. The summed E-state index contributed by atoms with van der Waals surface area (Å²) in [5.74, 6) is -0.550. The first-order valence-corrected chi connectivity index (χ1v) is 25.3. The average Bonchev–Trinajstić information content (AvgIpc) is 3.45. The maximum atomic E-state index is 12.4. The molecule has 67 heavy (non-hydrogen) atoms. The molecule has 0 spiro atoms. The van der Waals surface area contributed by atoms with Crippen molar-refractivity contribution in [3.63, 3.8) is 0 Å². The molecule has 0 aromatic heterocycles. The molecule has 11 heterocycles. The molecule has 0 radical (unpaired) electrons. The molecule has 370 valence electrons. The molecule has 11 rings (SSSR count). The molecule has 15 heteroatoms. The van der Waals surface area contributed by atoms with Crippen LogP contribution in [0.4, 0.5) is 0 Å². The van der Waals surface area contributed by atoms with Gasteiger partial charge in [-0.05, 0) is 84.3 Å². The van der Waals surface area contributed by atoms with E-state index < -0.39 is 46.2 Å². The number of esters is 2. The molecule has 0 amide bonds. The standard InChI is InChI=1S/C52H72O15/c1-26(25-53)15-30-18-42(56-29(4)54)52(9)43(57-30)20-35-36(64-52)19-34-31(58-35)11-10-13-48(5)44(61-34)24-51(8)41(65-48)22-40-49(6,67-51)14-12-32-46(63-40)27(2)16-33-38(59-32)23-50(7)39(60-33)21-37-47(66-50)28(3)17-45(55)62-37/h10-11,17,25,27,30-44,46-47H,1,12-16,18-24H2,2-9H3/b11-10-/t27-,30-,31-,32?,33?,34?,35+,36?,37+,38?,39-,40+,41-,42+,43-,44?,46-,47?,48+,49-,50+,51+,52+/m1/s1. The second-order valence-corrected chi connectivity index (χ2v) is 23.3. The van der Waals surface area contributed by atoms with Crippen LogP contribution in [0.1, 0.15) is 132 Å². The maximum absolute atomic E-state index is 12.4. The van der Waals surface area contributed by atoms with Crippen molar-refractivity contribution in [2.75, 3.05) is 0 Å². The highest BCUT2D eigenvalue weighted by Crippen LogP contribution is 2.55. The summed E-state index contributed by atoms with van der Waals surface area (Å²) in [7, 11) is 0. The smallest absolute Gasteiger partial charge is 0.331 e. The van der Waals surface area contributed by atoms with Crippen LogP contribution in [0.2, 0.25) is 0 Å². The van der Waals surface area contributed by atoms with Crippen LogP contribution in [0.25, 0.3) is 0 Å². The largest absolute Gasteiger partial charge is 0.459 e. The molecule has 0 aliphatic carbocycles. The van der Waals surface area contributed by atoms with E-state index in [1.807, 2.05) is 13.8 Å². The summed E-state index contributed by atoms with van der Waals surface area (Å²) >= 11 is 0. The second kappa shape index (κ2) is 16.8. The summed E-state index contributed by atoms with van der Waals surface area (Å²) in [4.78, 5) is 36.1. The number of rotatable bonds is 4. The Labute approximate surface area is 394 Å². The predicted molar refractivity (Wildman–Crippen MR) is 238 cm³/mol. The third kappa shape index (κ3) is 8.14. The molecule has 9 fully saturated rings. The van der Waals surface area contributed by atoms with E-state index in [-0.39, 0.29) is 103 Å². The molecule has 11 aliphatic rings. The van der Waals surface area contributed by atoms with Crippen molar-refractivity contribution in [1.82, 2.24) is 0 Å². The molecule has 15 nitrogen and oxygen atoms in total. The summed E-state index contributed by atoms with van der Waals surface area (Å²) in [5, 5.41) is 0. The van der Waals surface area contributed by atoms with Gasteiger partial charge in [-0.1, -0.05) is 25.7 Å². The number of carbonyl (C=O) groups is 3. The zero-order valence-corrected chi connectivity index (χ0v) is 40.5. The Morgan fingerprint density at radius 2 is 1.51 bits per heavy atom. The van der Waals surface area contributed by atoms with Crippen molar-refractivity contribution in [3.8, 4) is 0 Å². The fraction of sp³-hybridized carbons (Fsp3) is 0.827. The summed E-state index contributed by atoms with van der Waals surface area (Å²) in [6, 6.07) is 0. The number of fused-ring (bicyclic) bond motifs is 10.